The zero-order valence-corrected chi connectivity index (χ0v) is 13.7. The Morgan fingerprint density at radius 1 is 0.870 bits per heavy atom. The summed E-state index contributed by atoms with van der Waals surface area (Å²) in [6.07, 6.45) is 1.64. The molecule has 0 aromatic heterocycles. The van der Waals surface area contributed by atoms with Gasteiger partial charge in [-0.15, -0.1) is 12.4 Å². The molecule has 3 aliphatic rings. The van der Waals surface area contributed by atoms with Crippen LogP contribution in [0.4, 0.5) is 5.69 Å². The Kier molecular flexibility index (Phi) is 3.53. The Bertz CT molecular complexity index is 743. The molecule has 118 valence electrons. The van der Waals surface area contributed by atoms with Crippen LogP contribution in [0.1, 0.15) is 23.5 Å². The van der Waals surface area contributed by atoms with E-state index in [9.17, 15) is 0 Å². The first-order chi connectivity index (χ1) is 10.9. The molecular weight excluding hydrogens is 306 g/mol. The lowest BCUT2D eigenvalue weighted by Gasteiger charge is -2.43. The summed E-state index contributed by atoms with van der Waals surface area (Å²) in [4.78, 5) is 9.93. The number of nitrogens with zero attached hydrogens (tertiary/aromatic N) is 3. The van der Waals surface area contributed by atoms with Crippen LogP contribution in [-0.2, 0) is 0 Å². The summed E-state index contributed by atoms with van der Waals surface area (Å²) in [5.74, 6) is 1.78. The van der Waals surface area contributed by atoms with Gasteiger partial charge in [0.25, 0.3) is 0 Å². The van der Waals surface area contributed by atoms with Crippen molar-refractivity contribution in [2.75, 3.05) is 24.5 Å². The Labute approximate surface area is 143 Å². The summed E-state index contributed by atoms with van der Waals surface area (Å²) < 4.78 is 0. The fourth-order valence-corrected chi connectivity index (χ4v) is 4.34. The average Bonchev–Trinajstić information content (AvgIpc) is 3.22. The first-order valence-corrected chi connectivity index (χ1v) is 8.15. The van der Waals surface area contributed by atoms with E-state index < -0.39 is 0 Å². The second-order valence-corrected chi connectivity index (χ2v) is 6.33. The molecule has 0 aliphatic carbocycles. The first-order valence-electron chi connectivity index (χ1n) is 8.15. The number of hydrogen-bond acceptors (Lipinski definition) is 3. The molecule has 0 bridgehead atoms. The number of anilines is 1. The summed E-state index contributed by atoms with van der Waals surface area (Å²) >= 11 is 0. The van der Waals surface area contributed by atoms with E-state index in [-0.39, 0.29) is 12.4 Å². The fraction of sp³-hybridized carbons (Fsp3) is 0.316. The molecule has 5 rings (SSSR count). The van der Waals surface area contributed by atoms with Crippen molar-refractivity contribution in [3.63, 3.8) is 0 Å². The molecule has 0 spiro atoms. The Hall–Kier alpha value is -2.00. The highest BCUT2D eigenvalue weighted by molar-refractivity contribution is 6.06. The Morgan fingerprint density at radius 3 is 2.52 bits per heavy atom. The van der Waals surface area contributed by atoms with E-state index in [1.54, 1.807) is 0 Å². The van der Waals surface area contributed by atoms with Gasteiger partial charge in [-0.2, -0.15) is 0 Å². The summed E-state index contributed by atoms with van der Waals surface area (Å²) in [7, 11) is 0. The molecule has 2 aromatic carbocycles. The molecule has 2 atom stereocenters. The van der Waals surface area contributed by atoms with Crippen LogP contribution < -0.4 is 4.90 Å². The van der Waals surface area contributed by atoms with E-state index in [0.717, 1.165) is 19.6 Å². The standard InChI is InChI=1S/C19H19N3.ClH/c1-2-6-14(7-3-1)15-10-12-21-17-9-5-4-8-16(17)18-20-11-13-22(18)19(15)21;/h1-9,15,19H,10-13H2;1H. The monoisotopic (exact) mass is 325 g/mol. The normalized spacial score (nSPS) is 24.4. The third kappa shape index (κ3) is 2.07. The van der Waals surface area contributed by atoms with Crippen molar-refractivity contribution < 1.29 is 0 Å². The molecular formula is C19H20ClN3. The number of amidine groups is 1. The highest BCUT2D eigenvalue weighted by Gasteiger charge is 2.45. The second-order valence-electron chi connectivity index (χ2n) is 6.33. The van der Waals surface area contributed by atoms with E-state index in [4.69, 9.17) is 4.99 Å². The zero-order valence-electron chi connectivity index (χ0n) is 12.9. The van der Waals surface area contributed by atoms with Crippen molar-refractivity contribution in [3.05, 3.63) is 65.7 Å². The van der Waals surface area contributed by atoms with Crippen LogP contribution in [0.5, 0.6) is 0 Å². The van der Waals surface area contributed by atoms with E-state index >= 15 is 0 Å². The molecule has 23 heavy (non-hydrogen) atoms. The summed E-state index contributed by atoms with van der Waals surface area (Å²) in [5, 5.41) is 0. The van der Waals surface area contributed by atoms with Crippen LogP contribution in [-0.4, -0.2) is 36.5 Å². The maximum Gasteiger partial charge on any atom is 0.134 e. The van der Waals surface area contributed by atoms with Gasteiger partial charge in [-0.25, -0.2) is 0 Å². The molecule has 3 heterocycles. The van der Waals surface area contributed by atoms with E-state index in [2.05, 4.69) is 64.4 Å². The van der Waals surface area contributed by atoms with Gasteiger partial charge in [-0.05, 0) is 24.1 Å². The third-order valence-corrected chi connectivity index (χ3v) is 5.24. The molecule has 0 radical (unpaired) electrons. The van der Waals surface area contributed by atoms with Crippen LogP contribution in [0.15, 0.2) is 59.6 Å². The minimum atomic E-state index is 0. The summed E-state index contributed by atoms with van der Waals surface area (Å²) in [6.45, 7) is 3.11. The topological polar surface area (TPSA) is 18.8 Å². The molecule has 3 nitrogen and oxygen atoms in total. The number of aliphatic imine (C=N–C) groups is 1. The third-order valence-electron chi connectivity index (χ3n) is 5.24. The van der Waals surface area contributed by atoms with Crippen LogP contribution in [0, 0.1) is 0 Å². The predicted molar refractivity (Wildman–Crippen MR) is 96.7 cm³/mol. The molecule has 1 fully saturated rings. The van der Waals surface area contributed by atoms with Gasteiger partial charge in [0.05, 0.1) is 6.54 Å². The van der Waals surface area contributed by atoms with Crippen molar-refractivity contribution in [3.8, 4) is 0 Å². The van der Waals surface area contributed by atoms with Crippen LogP contribution in [0.2, 0.25) is 0 Å². The van der Waals surface area contributed by atoms with Crippen molar-refractivity contribution in [2.24, 2.45) is 4.99 Å². The van der Waals surface area contributed by atoms with Gasteiger partial charge >= 0.3 is 0 Å². The number of rotatable bonds is 1. The maximum atomic E-state index is 4.80. The van der Waals surface area contributed by atoms with Gasteiger partial charge in [0.1, 0.15) is 12.0 Å². The van der Waals surface area contributed by atoms with Gasteiger partial charge in [-0.1, -0.05) is 42.5 Å². The largest absolute Gasteiger partial charge is 0.350 e. The Balaban J connectivity index is 0.00000135. The lowest BCUT2D eigenvalue weighted by atomic mass is 9.93. The van der Waals surface area contributed by atoms with Crippen molar-refractivity contribution in [1.29, 1.82) is 0 Å². The SMILES string of the molecule is Cl.c1ccc(C2CCN3c4ccccc4C4=NCCN4C23)cc1. The molecule has 4 heteroatoms. The van der Waals surface area contributed by atoms with Crippen LogP contribution in [0.3, 0.4) is 0 Å². The highest BCUT2D eigenvalue weighted by Crippen LogP contribution is 2.44. The maximum absolute atomic E-state index is 4.80. The minimum Gasteiger partial charge on any atom is -0.350 e. The van der Waals surface area contributed by atoms with Crippen molar-refractivity contribution >= 4 is 23.9 Å². The summed E-state index contributed by atoms with van der Waals surface area (Å²) in [6, 6.07) is 19.7. The van der Waals surface area contributed by atoms with Crippen molar-refractivity contribution in [1.82, 2.24) is 4.90 Å². The fourth-order valence-electron chi connectivity index (χ4n) is 4.34. The smallest absolute Gasteiger partial charge is 0.134 e. The number of benzene rings is 2. The lowest BCUT2D eigenvalue weighted by Crippen LogP contribution is -2.53. The van der Waals surface area contributed by atoms with Gasteiger partial charge in [0, 0.05) is 30.3 Å². The van der Waals surface area contributed by atoms with Gasteiger partial charge < -0.3 is 9.80 Å². The number of fused-ring (bicyclic) bond motifs is 6. The number of halogens is 1. The minimum absolute atomic E-state index is 0. The molecule has 0 saturated carbocycles. The lowest BCUT2D eigenvalue weighted by molar-refractivity contribution is 0.311. The van der Waals surface area contributed by atoms with E-state index in [0.29, 0.717) is 12.1 Å². The van der Waals surface area contributed by atoms with Gasteiger partial charge in [0.15, 0.2) is 0 Å². The van der Waals surface area contributed by atoms with Crippen molar-refractivity contribution in [2.45, 2.75) is 18.5 Å². The molecule has 2 unspecified atom stereocenters. The zero-order chi connectivity index (χ0) is 14.5. The van der Waals surface area contributed by atoms with Crippen LogP contribution >= 0.6 is 12.4 Å². The number of para-hydroxylation sites is 1. The molecule has 1 saturated heterocycles. The molecule has 3 aliphatic heterocycles. The van der Waals surface area contributed by atoms with Gasteiger partial charge in [0.2, 0.25) is 0 Å². The quantitative estimate of drug-likeness (QED) is 0.799. The van der Waals surface area contributed by atoms with Gasteiger partial charge in [-0.3, -0.25) is 4.99 Å². The summed E-state index contributed by atoms with van der Waals surface area (Å²) in [5.41, 5.74) is 4.13. The number of hydrogen-bond donors (Lipinski definition) is 0. The van der Waals surface area contributed by atoms with E-state index in [1.165, 1.54) is 29.1 Å². The molecule has 0 N–H and O–H groups in total. The highest BCUT2D eigenvalue weighted by atomic mass is 35.5. The first kappa shape index (κ1) is 14.6. The van der Waals surface area contributed by atoms with Crippen LogP contribution in [0.25, 0.3) is 0 Å². The average molecular weight is 326 g/mol. The molecule has 2 aromatic rings. The Morgan fingerprint density at radius 2 is 1.65 bits per heavy atom. The molecule has 0 amide bonds. The van der Waals surface area contributed by atoms with E-state index in [1.807, 2.05) is 0 Å². The second kappa shape index (κ2) is 5.57. The predicted octanol–water partition coefficient (Wildman–Crippen LogP) is 3.50.